The molecule has 0 aliphatic rings. The van der Waals surface area contributed by atoms with Gasteiger partial charge in [0.2, 0.25) is 5.91 Å². The van der Waals surface area contributed by atoms with Crippen molar-refractivity contribution in [3.8, 4) is 11.4 Å². The molecule has 0 radical (unpaired) electrons. The largest absolute Gasteiger partial charge is 0.326 e. The summed E-state index contributed by atoms with van der Waals surface area (Å²) in [7, 11) is 1.73. The Balaban J connectivity index is 1.68. The van der Waals surface area contributed by atoms with Gasteiger partial charge in [0.25, 0.3) is 0 Å². The van der Waals surface area contributed by atoms with Crippen LogP contribution in [-0.4, -0.2) is 32.2 Å². The summed E-state index contributed by atoms with van der Waals surface area (Å²) in [4.78, 5) is 23.4. The van der Waals surface area contributed by atoms with Crippen LogP contribution in [0.4, 0.5) is 10.1 Å². The molecule has 0 atom stereocenters. The summed E-state index contributed by atoms with van der Waals surface area (Å²) in [5.74, 6) is -0.0482. The second-order valence-corrected chi connectivity index (χ2v) is 6.76. The summed E-state index contributed by atoms with van der Waals surface area (Å²) < 4.78 is 15.6. The molecule has 138 valence electrons. The third kappa shape index (κ3) is 4.40. The molecule has 0 saturated carbocycles. The maximum atomic E-state index is 13.9. The van der Waals surface area contributed by atoms with Gasteiger partial charge in [0.1, 0.15) is 5.82 Å². The topological polar surface area (TPSA) is 76.9 Å². The molecule has 0 aliphatic heterocycles. The van der Waals surface area contributed by atoms with Crippen LogP contribution in [0.25, 0.3) is 11.4 Å². The van der Waals surface area contributed by atoms with Crippen LogP contribution in [0.5, 0.6) is 0 Å². The highest BCUT2D eigenvalue weighted by atomic mass is 32.2. The number of carbonyl (C=O) groups is 2. The van der Waals surface area contributed by atoms with Crippen LogP contribution in [-0.2, 0) is 11.8 Å². The van der Waals surface area contributed by atoms with Gasteiger partial charge < -0.3 is 9.88 Å². The summed E-state index contributed by atoms with van der Waals surface area (Å²) >= 11 is 1.23. The number of hydrogen-bond donors (Lipinski definition) is 1. The highest BCUT2D eigenvalue weighted by Crippen LogP contribution is 2.25. The number of nitrogens with zero attached hydrogens (tertiary/aromatic N) is 3. The Kier molecular flexibility index (Phi) is 5.66. The van der Waals surface area contributed by atoms with Gasteiger partial charge >= 0.3 is 0 Å². The number of amides is 1. The summed E-state index contributed by atoms with van der Waals surface area (Å²) in [5, 5.41) is 11.3. The monoisotopic (exact) mass is 384 g/mol. The number of aromatic nitrogens is 3. The van der Waals surface area contributed by atoms with Gasteiger partial charge in [-0.05, 0) is 36.4 Å². The van der Waals surface area contributed by atoms with Crippen molar-refractivity contribution >= 4 is 29.1 Å². The fraction of sp³-hybridized carbons (Fsp3) is 0.158. The van der Waals surface area contributed by atoms with Gasteiger partial charge in [-0.2, -0.15) is 0 Å². The molecule has 1 aromatic heterocycles. The zero-order chi connectivity index (χ0) is 19.4. The third-order valence-electron chi connectivity index (χ3n) is 3.81. The molecular formula is C19H17FN4O2S. The standard InChI is InChI=1S/C19H17FN4O2S/c1-12(25)21-14-9-7-13(8-10-14)17(26)11-27-19-23-22-18(24(19)2)15-5-3-4-6-16(15)20/h3-10H,11H2,1-2H3,(H,21,25). The van der Waals surface area contributed by atoms with Crippen LogP contribution < -0.4 is 5.32 Å². The van der Waals surface area contributed by atoms with Crippen molar-refractivity contribution in [2.24, 2.45) is 7.05 Å². The van der Waals surface area contributed by atoms with E-state index in [4.69, 9.17) is 0 Å². The molecule has 0 spiro atoms. The van der Waals surface area contributed by atoms with E-state index in [-0.39, 0.29) is 23.3 Å². The first kappa shape index (κ1) is 18.8. The average Bonchev–Trinajstić information content (AvgIpc) is 3.01. The molecule has 0 aliphatic carbocycles. The molecule has 1 N–H and O–H groups in total. The Labute approximate surface area is 159 Å². The van der Waals surface area contributed by atoms with Crippen molar-refractivity contribution in [3.05, 3.63) is 59.9 Å². The van der Waals surface area contributed by atoms with Crippen LogP contribution in [0.2, 0.25) is 0 Å². The number of benzene rings is 2. The van der Waals surface area contributed by atoms with E-state index < -0.39 is 0 Å². The Hall–Kier alpha value is -3.00. The number of halogens is 1. The predicted molar refractivity (Wildman–Crippen MR) is 102 cm³/mol. The molecule has 0 bridgehead atoms. The number of nitrogens with one attached hydrogen (secondary N) is 1. The number of Topliss-reactive ketones (excluding diaryl/α,β-unsaturated/α-hetero) is 1. The third-order valence-corrected chi connectivity index (χ3v) is 4.83. The van der Waals surface area contributed by atoms with Crippen molar-refractivity contribution in [2.75, 3.05) is 11.1 Å². The lowest BCUT2D eigenvalue weighted by Crippen LogP contribution is -2.07. The maximum Gasteiger partial charge on any atom is 0.221 e. The van der Waals surface area contributed by atoms with Crippen molar-refractivity contribution in [1.82, 2.24) is 14.8 Å². The van der Waals surface area contributed by atoms with Gasteiger partial charge in [0, 0.05) is 25.2 Å². The normalized spacial score (nSPS) is 10.6. The average molecular weight is 384 g/mol. The first-order valence-electron chi connectivity index (χ1n) is 8.13. The molecule has 8 heteroatoms. The van der Waals surface area contributed by atoms with Crippen LogP contribution >= 0.6 is 11.8 Å². The maximum absolute atomic E-state index is 13.9. The molecule has 0 unspecified atom stereocenters. The van der Waals surface area contributed by atoms with Gasteiger partial charge in [0.05, 0.1) is 11.3 Å². The smallest absolute Gasteiger partial charge is 0.221 e. The zero-order valence-electron chi connectivity index (χ0n) is 14.8. The van der Waals surface area contributed by atoms with Crippen molar-refractivity contribution in [2.45, 2.75) is 12.1 Å². The summed E-state index contributed by atoms with van der Waals surface area (Å²) in [5.41, 5.74) is 1.53. The molecule has 2 aromatic carbocycles. The minimum atomic E-state index is -0.375. The number of rotatable bonds is 6. The number of carbonyl (C=O) groups excluding carboxylic acids is 2. The van der Waals surface area contributed by atoms with E-state index in [1.165, 1.54) is 24.8 Å². The summed E-state index contributed by atoms with van der Waals surface area (Å²) in [6.07, 6.45) is 0. The van der Waals surface area contributed by atoms with E-state index in [9.17, 15) is 14.0 Å². The van der Waals surface area contributed by atoms with Gasteiger partial charge in [-0.25, -0.2) is 4.39 Å². The van der Waals surface area contributed by atoms with Gasteiger partial charge in [0.15, 0.2) is 16.8 Å². The molecule has 6 nitrogen and oxygen atoms in total. The second-order valence-electron chi connectivity index (χ2n) is 5.82. The summed E-state index contributed by atoms with van der Waals surface area (Å²) in [6, 6.07) is 13.0. The Bertz CT molecular complexity index is 986. The Morgan fingerprint density at radius 3 is 2.48 bits per heavy atom. The molecule has 3 aromatic rings. The van der Waals surface area contributed by atoms with Crippen LogP contribution in [0.15, 0.2) is 53.7 Å². The molecule has 27 heavy (non-hydrogen) atoms. The van der Waals surface area contributed by atoms with E-state index in [1.54, 1.807) is 54.1 Å². The second kappa shape index (κ2) is 8.13. The van der Waals surface area contributed by atoms with E-state index in [2.05, 4.69) is 15.5 Å². The number of ketones is 1. The number of anilines is 1. The van der Waals surface area contributed by atoms with Gasteiger partial charge in [-0.1, -0.05) is 23.9 Å². The fourth-order valence-corrected chi connectivity index (χ4v) is 3.28. The molecule has 1 heterocycles. The molecule has 0 saturated heterocycles. The van der Waals surface area contributed by atoms with Crippen molar-refractivity contribution < 1.29 is 14.0 Å². The minimum Gasteiger partial charge on any atom is -0.326 e. The van der Waals surface area contributed by atoms with Crippen LogP contribution in [0.1, 0.15) is 17.3 Å². The lowest BCUT2D eigenvalue weighted by molar-refractivity contribution is -0.114. The van der Waals surface area contributed by atoms with Crippen molar-refractivity contribution in [1.29, 1.82) is 0 Å². The highest BCUT2D eigenvalue weighted by Gasteiger charge is 2.16. The van der Waals surface area contributed by atoms with E-state index in [1.807, 2.05) is 0 Å². The fourth-order valence-electron chi connectivity index (χ4n) is 2.47. The Morgan fingerprint density at radius 2 is 1.81 bits per heavy atom. The quantitative estimate of drug-likeness (QED) is 0.519. The first-order valence-corrected chi connectivity index (χ1v) is 9.12. The minimum absolute atomic E-state index is 0.0789. The van der Waals surface area contributed by atoms with Crippen LogP contribution in [0, 0.1) is 5.82 Å². The molecular weight excluding hydrogens is 367 g/mol. The Morgan fingerprint density at radius 1 is 1.11 bits per heavy atom. The van der Waals surface area contributed by atoms with E-state index in [0.29, 0.717) is 27.8 Å². The number of hydrogen-bond acceptors (Lipinski definition) is 5. The van der Waals surface area contributed by atoms with Gasteiger partial charge in [-0.15, -0.1) is 10.2 Å². The predicted octanol–water partition coefficient (Wildman–Crippen LogP) is 3.55. The van der Waals surface area contributed by atoms with E-state index in [0.717, 1.165) is 0 Å². The SMILES string of the molecule is CC(=O)Nc1ccc(C(=O)CSc2nnc(-c3ccccc3F)n2C)cc1. The molecule has 0 fully saturated rings. The lowest BCUT2D eigenvalue weighted by Gasteiger charge is -2.05. The highest BCUT2D eigenvalue weighted by molar-refractivity contribution is 7.99. The van der Waals surface area contributed by atoms with E-state index >= 15 is 0 Å². The lowest BCUT2D eigenvalue weighted by atomic mass is 10.1. The molecule has 1 amide bonds. The summed E-state index contributed by atoms with van der Waals surface area (Å²) in [6.45, 7) is 1.42. The van der Waals surface area contributed by atoms with Crippen molar-refractivity contribution in [3.63, 3.8) is 0 Å². The number of thioether (sulfide) groups is 1. The zero-order valence-corrected chi connectivity index (χ0v) is 15.6. The first-order chi connectivity index (χ1) is 13.0. The van der Waals surface area contributed by atoms with Gasteiger partial charge in [-0.3, -0.25) is 9.59 Å². The molecule has 3 rings (SSSR count). The van der Waals surface area contributed by atoms with Crippen LogP contribution in [0.3, 0.4) is 0 Å².